The Hall–Kier alpha value is -0.700. The lowest BCUT2D eigenvalue weighted by molar-refractivity contribution is -0.123. The van der Waals surface area contributed by atoms with E-state index < -0.39 is 10.0 Å². The van der Waals surface area contributed by atoms with Crippen molar-refractivity contribution in [1.82, 2.24) is 14.5 Å². The highest BCUT2D eigenvalue weighted by Crippen LogP contribution is 2.21. The Labute approximate surface area is 133 Å². The van der Waals surface area contributed by atoms with Crippen molar-refractivity contribution >= 4 is 15.9 Å². The van der Waals surface area contributed by atoms with Crippen molar-refractivity contribution in [3.8, 4) is 0 Å². The van der Waals surface area contributed by atoms with Crippen LogP contribution in [0.1, 0.15) is 25.7 Å². The van der Waals surface area contributed by atoms with Crippen molar-refractivity contribution < 1.29 is 17.9 Å². The third-order valence-electron chi connectivity index (χ3n) is 4.27. The second kappa shape index (κ2) is 8.24. The number of sulfonamides is 1. The molecule has 0 saturated carbocycles. The number of hydrogen-bond acceptors (Lipinski definition) is 5. The minimum absolute atomic E-state index is 0.00335. The van der Waals surface area contributed by atoms with Gasteiger partial charge in [-0.1, -0.05) is 6.42 Å². The number of morpholine rings is 1. The molecule has 0 spiro atoms. The maximum absolute atomic E-state index is 11.9. The van der Waals surface area contributed by atoms with Gasteiger partial charge in [0.1, 0.15) is 0 Å². The van der Waals surface area contributed by atoms with E-state index in [2.05, 4.69) is 10.2 Å². The summed E-state index contributed by atoms with van der Waals surface area (Å²) in [5, 5.41) is 2.91. The summed E-state index contributed by atoms with van der Waals surface area (Å²) in [5.74, 6) is 0.00335. The highest BCUT2D eigenvalue weighted by molar-refractivity contribution is 7.88. The molecular weight excluding hydrogens is 306 g/mol. The van der Waals surface area contributed by atoms with Gasteiger partial charge in [0.25, 0.3) is 0 Å². The normalized spacial score (nSPS) is 25.0. The van der Waals surface area contributed by atoms with Crippen molar-refractivity contribution in [2.75, 3.05) is 52.2 Å². The van der Waals surface area contributed by atoms with Gasteiger partial charge >= 0.3 is 0 Å². The average Bonchev–Trinajstić information content (AvgIpc) is 2.48. The van der Waals surface area contributed by atoms with Gasteiger partial charge in [0.15, 0.2) is 0 Å². The molecule has 8 heteroatoms. The molecule has 128 valence electrons. The van der Waals surface area contributed by atoms with E-state index in [9.17, 15) is 13.2 Å². The maximum Gasteiger partial charge on any atom is 0.234 e. The van der Waals surface area contributed by atoms with Crippen molar-refractivity contribution in [3.05, 3.63) is 0 Å². The van der Waals surface area contributed by atoms with Crippen LogP contribution >= 0.6 is 0 Å². The molecule has 2 aliphatic heterocycles. The van der Waals surface area contributed by atoms with Gasteiger partial charge in [-0.25, -0.2) is 8.42 Å². The molecule has 1 unspecified atom stereocenters. The molecule has 0 bridgehead atoms. The van der Waals surface area contributed by atoms with Crippen LogP contribution in [0.3, 0.4) is 0 Å². The molecule has 1 N–H and O–H groups in total. The average molecular weight is 333 g/mol. The molecule has 2 saturated heterocycles. The molecular formula is C14H27N3O4S. The SMILES string of the molecule is CS(=O)(=O)N1CCCCC1CCNC(=O)CN1CCOCC1. The van der Waals surface area contributed by atoms with Crippen molar-refractivity contribution in [1.29, 1.82) is 0 Å². The first-order valence-corrected chi connectivity index (χ1v) is 9.85. The van der Waals surface area contributed by atoms with Crippen LogP contribution in [-0.2, 0) is 19.6 Å². The first-order valence-electron chi connectivity index (χ1n) is 8.00. The Kier molecular flexibility index (Phi) is 6.61. The van der Waals surface area contributed by atoms with E-state index in [1.54, 1.807) is 4.31 Å². The lowest BCUT2D eigenvalue weighted by atomic mass is 10.0. The lowest BCUT2D eigenvalue weighted by Gasteiger charge is -2.33. The topological polar surface area (TPSA) is 79.0 Å². The third-order valence-corrected chi connectivity index (χ3v) is 5.60. The van der Waals surface area contributed by atoms with Crippen LogP contribution in [0, 0.1) is 0 Å². The Balaban J connectivity index is 1.71. The fraction of sp³-hybridized carbons (Fsp3) is 0.929. The maximum atomic E-state index is 11.9. The predicted octanol–water partition coefficient (Wildman–Crippen LogP) is -0.361. The third kappa shape index (κ3) is 5.49. The second-order valence-electron chi connectivity index (χ2n) is 6.05. The minimum Gasteiger partial charge on any atom is -0.379 e. The Bertz CT molecular complexity index is 463. The molecule has 0 aromatic rings. The number of carbonyl (C=O) groups excluding carboxylic acids is 1. The molecule has 2 fully saturated rings. The smallest absolute Gasteiger partial charge is 0.234 e. The fourth-order valence-corrected chi connectivity index (χ4v) is 4.31. The van der Waals surface area contributed by atoms with Crippen molar-refractivity contribution in [2.45, 2.75) is 31.7 Å². The second-order valence-corrected chi connectivity index (χ2v) is 7.99. The Morgan fingerprint density at radius 2 is 1.95 bits per heavy atom. The van der Waals surface area contributed by atoms with Crippen LogP contribution in [0.4, 0.5) is 0 Å². The van der Waals surface area contributed by atoms with Crippen molar-refractivity contribution in [2.24, 2.45) is 0 Å². The van der Waals surface area contributed by atoms with Gasteiger partial charge in [-0.2, -0.15) is 4.31 Å². The monoisotopic (exact) mass is 333 g/mol. The standard InChI is InChI=1S/C14H27N3O4S/c1-22(19,20)17-7-3-2-4-13(17)5-6-15-14(18)12-16-8-10-21-11-9-16/h13H,2-12H2,1H3,(H,15,18). The molecule has 1 amide bonds. The van der Waals surface area contributed by atoms with Gasteiger partial charge < -0.3 is 10.1 Å². The number of piperidine rings is 1. The molecule has 1 atom stereocenters. The summed E-state index contributed by atoms with van der Waals surface area (Å²) in [6.07, 6.45) is 4.81. The molecule has 22 heavy (non-hydrogen) atoms. The molecule has 2 aliphatic rings. The Morgan fingerprint density at radius 1 is 1.23 bits per heavy atom. The van der Waals surface area contributed by atoms with E-state index in [1.807, 2.05) is 0 Å². The zero-order valence-corrected chi connectivity index (χ0v) is 14.1. The molecule has 0 aromatic carbocycles. The number of nitrogens with one attached hydrogen (secondary N) is 1. The molecule has 0 aromatic heterocycles. The van der Waals surface area contributed by atoms with Gasteiger partial charge in [0.2, 0.25) is 15.9 Å². The molecule has 0 aliphatic carbocycles. The zero-order valence-electron chi connectivity index (χ0n) is 13.3. The largest absolute Gasteiger partial charge is 0.379 e. The summed E-state index contributed by atoms with van der Waals surface area (Å²) in [6.45, 7) is 4.46. The summed E-state index contributed by atoms with van der Waals surface area (Å²) in [7, 11) is -3.15. The number of ether oxygens (including phenoxy) is 1. The number of rotatable bonds is 6. The molecule has 7 nitrogen and oxygen atoms in total. The van der Waals surface area contributed by atoms with Crippen LogP contribution in [0.2, 0.25) is 0 Å². The van der Waals surface area contributed by atoms with Crippen LogP contribution in [0.25, 0.3) is 0 Å². The molecule has 2 heterocycles. The van der Waals surface area contributed by atoms with Gasteiger partial charge in [0, 0.05) is 32.2 Å². The summed E-state index contributed by atoms with van der Waals surface area (Å²) in [4.78, 5) is 14.0. The van der Waals surface area contributed by atoms with E-state index in [0.29, 0.717) is 39.3 Å². The Morgan fingerprint density at radius 3 is 2.64 bits per heavy atom. The minimum atomic E-state index is -3.15. The quantitative estimate of drug-likeness (QED) is 0.718. The van der Waals surface area contributed by atoms with E-state index in [1.165, 1.54) is 6.26 Å². The summed E-state index contributed by atoms with van der Waals surface area (Å²) >= 11 is 0. The van der Waals surface area contributed by atoms with Gasteiger partial charge in [-0.05, 0) is 19.3 Å². The summed E-state index contributed by atoms with van der Waals surface area (Å²) < 4.78 is 30.4. The summed E-state index contributed by atoms with van der Waals surface area (Å²) in [6, 6.07) is 0.0208. The van der Waals surface area contributed by atoms with Crippen LogP contribution in [0.15, 0.2) is 0 Å². The molecule has 0 radical (unpaired) electrons. The first kappa shape index (κ1) is 17.7. The predicted molar refractivity (Wildman–Crippen MR) is 84.1 cm³/mol. The van der Waals surface area contributed by atoms with Gasteiger partial charge in [0.05, 0.1) is 26.0 Å². The highest BCUT2D eigenvalue weighted by Gasteiger charge is 2.28. The summed E-state index contributed by atoms with van der Waals surface area (Å²) in [5.41, 5.74) is 0. The number of carbonyl (C=O) groups is 1. The fourth-order valence-electron chi connectivity index (χ4n) is 3.10. The van der Waals surface area contributed by atoms with Crippen LogP contribution in [-0.4, -0.2) is 81.8 Å². The molecule has 2 rings (SSSR count). The van der Waals surface area contributed by atoms with E-state index in [-0.39, 0.29) is 11.9 Å². The number of nitrogens with zero attached hydrogens (tertiary/aromatic N) is 2. The zero-order chi connectivity index (χ0) is 16.0. The van der Waals surface area contributed by atoms with Gasteiger partial charge in [-0.3, -0.25) is 9.69 Å². The lowest BCUT2D eigenvalue weighted by Crippen LogP contribution is -2.46. The van der Waals surface area contributed by atoms with E-state index >= 15 is 0 Å². The number of hydrogen-bond donors (Lipinski definition) is 1. The number of amides is 1. The van der Waals surface area contributed by atoms with E-state index in [0.717, 1.165) is 32.4 Å². The van der Waals surface area contributed by atoms with Crippen LogP contribution < -0.4 is 5.32 Å². The highest BCUT2D eigenvalue weighted by atomic mass is 32.2. The van der Waals surface area contributed by atoms with Crippen LogP contribution in [0.5, 0.6) is 0 Å². The van der Waals surface area contributed by atoms with Gasteiger partial charge in [-0.15, -0.1) is 0 Å². The van der Waals surface area contributed by atoms with Crippen molar-refractivity contribution in [3.63, 3.8) is 0 Å². The van der Waals surface area contributed by atoms with E-state index in [4.69, 9.17) is 4.74 Å². The first-order chi connectivity index (χ1) is 10.5.